The molecule has 114 valence electrons. The van der Waals surface area contributed by atoms with E-state index in [1.54, 1.807) is 0 Å². The molecule has 3 atom stereocenters. The van der Waals surface area contributed by atoms with Crippen LogP contribution in [0.2, 0.25) is 0 Å². The number of hydrogen-bond donors (Lipinski definition) is 1. The molecule has 1 heterocycles. The molecule has 1 saturated heterocycles. The zero-order valence-corrected chi connectivity index (χ0v) is 13.5. The molecule has 0 amide bonds. The highest BCUT2D eigenvalue weighted by atomic mass is 15.3. The summed E-state index contributed by atoms with van der Waals surface area (Å²) in [5, 5.41) is 3.71. The first-order valence-electron chi connectivity index (χ1n) is 8.17. The Hall–Kier alpha value is -1.30. The zero-order chi connectivity index (χ0) is 15.2. The molecule has 3 unspecified atom stereocenters. The third-order valence-corrected chi connectivity index (χ3v) is 4.52. The summed E-state index contributed by atoms with van der Waals surface area (Å²) in [6.45, 7) is 8.82. The Morgan fingerprint density at radius 2 is 2.05 bits per heavy atom. The third-order valence-electron chi connectivity index (χ3n) is 4.52. The van der Waals surface area contributed by atoms with Crippen LogP contribution in [-0.4, -0.2) is 30.1 Å². The molecule has 21 heavy (non-hydrogen) atoms. The summed E-state index contributed by atoms with van der Waals surface area (Å²) in [4.78, 5) is 2.56. The Morgan fingerprint density at radius 3 is 2.62 bits per heavy atom. The Labute approximate surface area is 129 Å². The second kappa shape index (κ2) is 7.64. The van der Waals surface area contributed by atoms with Crippen molar-refractivity contribution in [1.82, 2.24) is 10.2 Å². The van der Waals surface area contributed by atoms with Crippen LogP contribution < -0.4 is 5.32 Å². The fraction of sp³-hybridized carbons (Fsp3) is 0.579. The van der Waals surface area contributed by atoms with E-state index in [1.165, 1.54) is 5.56 Å². The van der Waals surface area contributed by atoms with Crippen LogP contribution in [0.3, 0.4) is 0 Å². The van der Waals surface area contributed by atoms with Crippen molar-refractivity contribution in [3.63, 3.8) is 0 Å². The van der Waals surface area contributed by atoms with Gasteiger partial charge in [0.1, 0.15) is 0 Å². The van der Waals surface area contributed by atoms with Crippen molar-refractivity contribution in [3.8, 4) is 12.3 Å². The SMILES string of the molecule is C#CC(CCC)N1CC(c2ccccc2)NCC1C(C)C. The van der Waals surface area contributed by atoms with E-state index in [4.69, 9.17) is 6.42 Å². The molecular weight excluding hydrogens is 256 g/mol. The molecule has 0 radical (unpaired) electrons. The predicted molar refractivity (Wildman–Crippen MR) is 90.0 cm³/mol. The van der Waals surface area contributed by atoms with Crippen LogP contribution in [0.5, 0.6) is 0 Å². The highest BCUT2D eigenvalue weighted by Gasteiger charge is 2.33. The van der Waals surface area contributed by atoms with Crippen molar-refractivity contribution in [1.29, 1.82) is 0 Å². The van der Waals surface area contributed by atoms with Crippen LogP contribution in [0.1, 0.15) is 45.2 Å². The quantitative estimate of drug-likeness (QED) is 0.833. The summed E-state index contributed by atoms with van der Waals surface area (Å²) < 4.78 is 0. The largest absolute Gasteiger partial charge is 0.307 e. The number of rotatable bonds is 5. The summed E-state index contributed by atoms with van der Waals surface area (Å²) in [5.41, 5.74) is 1.36. The Bertz CT molecular complexity index is 460. The molecule has 0 saturated carbocycles. The summed E-state index contributed by atoms with van der Waals surface area (Å²) in [6.07, 6.45) is 8.05. The standard InChI is InChI=1S/C19H28N2/c1-5-10-17(6-2)21-14-18(16-11-8-7-9-12-16)20-13-19(21)15(3)4/h2,7-9,11-12,15,17-20H,5,10,13-14H2,1,3-4H3. The van der Waals surface area contributed by atoms with Gasteiger partial charge in [-0.2, -0.15) is 0 Å². The maximum atomic E-state index is 5.82. The summed E-state index contributed by atoms with van der Waals surface area (Å²) in [6, 6.07) is 11.9. The van der Waals surface area contributed by atoms with Gasteiger partial charge in [0.2, 0.25) is 0 Å². The van der Waals surface area contributed by atoms with E-state index in [9.17, 15) is 0 Å². The van der Waals surface area contributed by atoms with Gasteiger partial charge in [0.05, 0.1) is 6.04 Å². The normalized spacial score (nSPS) is 24.7. The molecule has 1 aliphatic heterocycles. The molecule has 0 aliphatic carbocycles. The lowest BCUT2D eigenvalue weighted by atomic mass is 9.93. The topological polar surface area (TPSA) is 15.3 Å². The van der Waals surface area contributed by atoms with Gasteiger partial charge in [-0.3, -0.25) is 4.90 Å². The van der Waals surface area contributed by atoms with Crippen LogP contribution in [0, 0.1) is 18.3 Å². The predicted octanol–water partition coefficient (Wildman–Crippen LogP) is 3.46. The lowest BCUT2D eigenvalue weighted by molar-refractivity contribution is 0.0728. The minimum Gasteiger partial charge on any atom is -0.307 e. The minimum atomic E-state index is 0.260. The van der Waals surface area contributed by atoms with Gasteiger partial charge >= 0.3 is 0 Å². The number of piperazine rings is 1. The molecule has 1 fully saturated rings. The van der Waals surface area contributed by atoms with Gasteiger partial charge in [-0.05, 0) is 17.9 Å². The van der Waals surface area contributed by atoms with Gasteiger partial charge in [-0.1, -0.05) is 63.4 Å². The van der Waals surface area contributed by atoms with Gasteiger partial charge in [-0.15, -0.1) is 6.42 Å². The van der Waals surface area contributed by atoms with Gasteiger partial charge in [-0.25, -0.2) is 0 Å². The van der Waals surface area contributed by atoms with E-state index in [-0.39, 0.29) is 6.04 Å². The second-order valence-electron chi connectivity index (χ2n) is 6.35. The average molecular weight is 284 g/mol. The first-order valence-corrected chi connectivity index (χ1v) is 8.17. The molecule has 1 aliphatic rings. The number of nitrogens with one attached hydrogen (secondary N) is 1. The fourth-order valence-electron chi connectivity index (χ4n) is 3.29. The van der Waals surface area contributed by atoms with Crippen LogP contribution in [0.25, 0.3) is 0 Å². The van der Waals surface area contributed by atoms with Gasteiger partial charge < -0.3 is 5.32 Å². The molecule has 2 heteroatoms. The smallest absolute Gasteiger partial charge is 0.0715 e. The first kappa shape index (κ1) is 16.1. The molecular formula is C19H28N2. The molecule has 1 aromatic carbocycles. The highest BCUT2D eigenvalue weighted by Crippen LogP contribution is 2.26. The van der Waals surface area contributed by atoms with Crippen molar-refractivity contribution < 1.29 is 0 Å². The van der Waals surface area contributed by atoms with Crippen molar-refractivity contribution in [3.05, 3.63) is 35.9 Å². The van der Waals surface area contributed by atoms with E-state index < -0.39 is 0 Å². The molecule has 1 aromatic rings. The lowest BCUT2D eigenvalue weighted by Crippen LogP contribution is -2.57. The molecule has 1 N–H and O–H groups in total. The summed E-state index contributed by atoms with van der Waals surface area (Å²) in [7, 11) is 0. The van der Waals surface area contributed by atoms with Crippen LogP contribution in [0.4, 0.5) is 0 Å². The van der Waals surface area contributed by atoms with E-state index in [0.717, 1.165) is 25.9 Å². The molecule has 0 aromatic heterocycles. The third kappa shape index (κ3) is 3.87. The van der Waals surface area contributed by atoms with Crippen molar-refractivity contribution in [2.24, 2.45) is 5.92 Å². The van der Waals surface area contributed by atoms with Gasteiger partial charge in [0, 0.05) is 25.2 Å². The number of nitrogens with zero attached hydrogens (tertiary/aromatic N) is 1. The molecule has 0 spiro atoms. The van der Waals surface area contributed by atoms with Crippen molar-refractivity contribution >= 4 is 0 Å². The zero-order valence-electron chi connectivity index (χ0n) is 13.5. The minimum absolute atomic E-state index is 0.260. The van der Waals surface area contributed by atoms with E-state index in [1.807, 2.05) is 0 Å². The number of benzene rings is 1. The van der Waals surface area contributed by atoms with Crippen molar-refractivity contribution in [2.45, 2.75) is 51.7 Å². The van der Waals surface area contributed by atoms with Gasteiger partial charge in [0.15, 0.2) is 0 Å². The van der Waals surface area contributed by atoms with Gasteiger partial charge in [0.25, 0.3) is 0 Å². The first-order chi connectivity index (χ1) is 10.2. The lowest BCUT2D eigenvalue weighted by Gasteiger charge is -2.45. The Balaban J connectivity index is 2.17. The Morgan fingerprint density at radius 1 is 1.33 bits per heavy atom. The fourth-order valence-corrected chi connectivity index (χ4v) is 3.29. The van der Waals surface area contributed by atoms with E-state index in [0.29, 0.717) is 18.0 Å². The monoisotopic (exact) mass is 284 g/mol. The molecule has 0 bridgehead atoms. The maximum absolute atomic E-state index is 5.82. The van der Waals surface area contributed by atoms with Crippen LogP contribution in [0.15, 0.2) is 30.3 Å². The number of hydrogen-bond acceptors (Lipinski definition) is 2. The van der Waals surface area contributed by atoms with Crippen molar-refractivity contribution in [2.75, 3.05) is 13.1 Å². The maximum Gasteiger partial charge on any atom is 0.0715 e. The number of terminal acetylenes is 1. The second-order valence-corrected chi connectivity index (χ2v) is 6.35. The molecule has 2 nitrogen and oxygen atoms in total. The summed E-state index contributed by atoms with van der Waals surface area (Å²) in [5.74, 6) is 3.64. The summed E-state index contributed by atoms with van der Waals surface area (Å²) >= 11 is 0. The molecule has 2 rings (SSSR count). The average Bonchev–Trinajstić information content (AvgIpc) is 2.52. The Kier molecular flexibility index (Phi) is 5.85. The van der Waals surface area contributed by atoms with E-state index in [2.05, 4.69) is 67.2 Å². The highest BCUT2D eigenvalue weighted by molar-refractivity contribution is 5.21. The van der Waals surface area contributed by atoms with E-state index >= 15 is 0 Å². The van der Waals surface area contributed by atoms with Crippen LogP contribution in [-0.2, 0) is 0 Å². The van der Waals surface area contributed by atoms with Crippen LogP contribution >= 0.6 is 0 Å².